The van der Waals surface area contributed by atoms with E-state index in [0.29, 0.717) is 18.2 Å². The van der Waals surface area contributed by atoms with Crippen LogP contribution in [0.2, 0.25) is 0 Å². The standard InChI is InChI=1S/C19H23N7O3.ClH/c1-11(27)21-13-7-8-25(10-13)18-14-3-2-4-16(14)23-19(24-18)22-12-5-6-15(20)17(9-12)26(28)29;/h5-6,9,13H,2-4,7-8,10,20H2,1H3,(H,21,27)(H,22,23,24);1H/t13-;/m0./s1. The van der Waals surface area contributed by atoms with E-state index in [1.54, 1.807) is 6.07 Å². The molecule has 1 aliphatic carbocycles. The van der Waals surface area contributed by atoms with Crippen molar-refractivity contribution in [2.75, 3.05) is 29.0 Å². The van der Waals surface area contributed by atoms with E-state index >= 15 is 0 Å². The number of carbonyl (C=O) groups is 1. The van der Waals surface area contributed by atoms with Crippen LogP contribution in [0.15, 0.2) is 18.2 Å². The summed E-state index contributed by atoms with van der Waals surface area (Å²) in [5, 5.41) is 17.2. The summed E-state index contributed by atoms with van der Waals surface area (Å²) in [6.45, 7) is 3.04. The van der Waals surface area contributed by atoms with Crippen LogP contribution in [-0.2, 0) is 17.6 Å². The van der Waals surface area contributed by atoms with Crippen molar-refractivity contribution >= 4 is 47.1 Å². The molecular formula is C19H24ClN7O3. The maximum absolute atomic E-state index is 11.4. The number of rotatable bonds is 5. The second-order valence-corrected chi connectivity index (χ2v) is 7.44. The largest absolute Gasteiger partial charge is 0.393 e. The monoisotopic (exact) mass is 433 g/mol. The van der Waals surface area contributed by atoms with Crippen LogP contribution in [0, 0.1) is 10.1 Å². The summed E-state index contributed by atoms with van der Waals surface area (Å²) < 4.78 is 0. The summed E-state index contributed by atoms with van der Waals surface area (Å²) in [7, 11) is 0. The van der Waals surface area contributed by atoms with Crippen molar-refractivity contribution in [1.29, 1.82) is 0 Å². The summed E-state index contributed by atoms with van der Waals surface area (Å²) in [4.78, 5) is 33.5. The molecule has 11 heteroatoms. The van der Waals surface area contributed by atoms with Gasteiger partial charge in [-0.15, -0.1) is 12.4 Å². The van der Waals surface area contributed by atoms with Gasteiger partial charge >= 0.3 is 0 Å². The molecule has 1 amide bonds. The summed E-state index contributed by atoms with van der Waals surface area (Å²) in [6.07, 6.45) is 3.70. The smallest absolute Gasteiger partial charge is 0.294 e. The van der Waals surface area contributed by atoms with Gasteiger partial charge in [-0.2, -0.15) is 4.98 Å². The molecule has 1 aromatic carbocycles. The van der Waals surface area contributed by atoms with E-state index < -0.39 is 4.92 Å². The molecule has 2 heterocycles. The lowest BCUT2D eigenvalue weighted by molar-refractivity contribution is -0.383. The molecule has 0 radical (unpaired) electrons. The first kappa shape index (κ1) is 21.6. The quantitative estimate of drug-likeness (QED) is 0.371. The van der Waals surface area contributed by atoms with Crippen molar-refractivity contribution in [2.45, 2.75) is 38.6 Å². The van der Waals surface area contributed by atoms with Crippen LogP contribution in [0.3, 0.4) is 0 Å². The highest BCUT2D eigenvalue weighted by atomic mass is 35.5. The first-order valence-corrected chi connectivity index (χ1v) is 9.63. The number of hydrogen-bond acceptors (Lipinski definition) is 8. The van der Waals surface area contributed by atoms with Crippen molar-refractivity contribution in [1.82, 2.24) is 15.3 Å². The number of benzene rings is 1. The highest BCUT2D eigenvalue weighted by Gasteiger charge is 2.29. The van der Waals surface area contributed by atoms with Gasteiger partial charge in [-0.05, 0) is 37.8 Å². The maximum Gasteiger partial charge on any atom is 0.294 e. The van der Waals surface area contributed by atoms with Gasteiger partial charge in [0.25, 0.3) is 5.69 Å². The molecule has 1 aliphatic heterocycles. The Hall–Kier alpha value is -3.14. The molecule has 0 spiro atoms. The molecule has 1 aromatic heterocycles. The Balaban J connectivity index is 0.00000256. The third-order valence-corrected chi connectivity index (χ3v) is 5.29. The molecule has 4 rings (SSSR count). The zero-order chi connectivity index (χ0) is 20.5. The predicted octanol–water partition coefficient (Wildman–Crippen LogP) is 2.34. The van der Waals surface area contributed by atoms with E-state index in [1.807, 2.05) is 0 Å². The number of aryl methyl sites for hydroxylation is 1. The van der Waals surface area contributed by atoms with Gasteiger partial charge in [0.2, 0.25) is 11.9 Å². The number of fused-ring (bicyclic) bond motifs is 1. The van der Waals surface area contributed by atoms with Crippen LogP contribution in [-0.4, -0.2) is 39.9 Å². The fourth-order valence-electron chi connectivity index (χ4n) is 4.00. The first-order chi connectivity index (χ1) is 13.9. The molecule has 0 bridgehead atoms. The lowest BCUT2D eigenvalue weighted by Gasteiger charge is -2.21. The SMILES string of the molecule is CC(=O)N[C@H]1CCN(c2nc(Nc3ccc(N)c([N+](=O)[O-])c3)nc3c2CCC3)C1.Cl. The van der Waals surface area contributed by atoms with Crippen LogP contribution < -0.4 is 21.3 Å². The highest BCUT2D eigenvalue weighted by molar-refractivity contribution is 5.85. The number of carbonyl (C=O) groups excluding carboxylic acids is 1. The second-order valence-electron chi connectivity index (χ2n) is 7.44. The Morgan fingerprint density at radius 2 is 2.13 bits per heavy atom. The van der Waals surface area contributed by atoms with Gasteiger partial charge in [0.1, 0.15) is 11.5 Å². The van der Waals surface area contributed by atoms with Crippen LogP contribution >= 0.6 is 12.4 Å². The molecule has 4 N–H and O–H groups in total. The second kappa shape index (κ2) is 8.70. The van der Waals surface area contributed by atoms with Gasteiger partial charge in [0.15, 0.2) is 0 Å². The summed E-state index contributed by atoms with van der Waals surface area (Å²) in [5.74, 6) is 1.26. The minimum Gasteiger partial charge on any atom is -0.393 e. The number of hydrogen-bond donors (Lipinski definition) is 3. The molecule has 2 aliphatic rings. The molecule has 0 unspecified atom stereocenters. The number of nitrogens with one attached hydrogen (secondary N) is 2. The predicted molar refractivity (Wildman–Crippen MR) is 117 cm³/mol. The Kier molecular flexibility index (Phi) is 6.25. The molecule has 0 saturated carbocycles. The van der Waals surface area contributed by atoms with Gasteiger partial charge in [0.05, 0.1) is 10.6 Å². The van der Waals surface area contributed by atoms with Crippen LogP contribution in [0.1, 0.15) is 31.0 Å². The number of aromatic nitrogens is 2. The van der Waals surface area contributed by atoms with Gasteiger partial charge in [-0.25, -0.2) is 4.98 Å². The maximum atomic E-state index is 11.4. The van der Waals surface area contributed by atoms with E-state index in [1.165, 1.54) is 19.1 Å². The average Bonchev–Trinajstić information content (AvgIpc) is 3.31. The number of nitrogens with zero attached hydrogens (tertiary/aromatic N) is 4. The lowest BCUT2D eigenvalue weighted by atomic mass is 10.2. The van der Waals surface area contributed by atoms with Crippen LogP contribution in [0.4, 0.5) is 28.8 Å². The number of nitro benzene ring substituents is 1. The van der Waals surface area contributed by atoms with Crippen molar-refractivity contribution in [3.63, 3.8) is 0 Å². The first-order valence-electron chi connectivity index (χ1n) is 9.63. The Bertz CT molecular complexity index is 985. The van der Waals surface area contributed by atoms with Crippen molar-refractivity contribution in [3.05, 3.63) is 39.6 Å². The summed E-state index contributed by atoms with van der Waals surface area (Å²) in [5.41, 5.74) is 8.29. The average molecular weight is 434 g/mol. The molecule has 1 atom stereocenters. The Labute approximate surface area is 179 Å². The van der Waals surface area contributed by atoms with E-state index in [9.17, 15) is 14.9 Å². The molecule has 1 fully saturated rings. The molecule has 1 saturated heterocycles. The van der Waals surface area contributed by atoms with Gasteiger partial charge in [-0.3, -0.25) is 14.9 Å². The fraction of sp³-hybridized carbons (Fsp3) is 0.421. The zero-order valence-corrected chi connectivity index (χ0v) is 17.4. The van der Waals surface area contributed by atoms with Crippen LogP contribution in [0.25, 0.3) is 0 Å². The third-order valence-electron chi connectivity index (χ3n) is 5.29. The van der Waals surface area contributed by atoms with Gasteiger partial charge in [0, 0.05) is 43.4 Å². The van der Waals surface area contributed by atoms with E-state index in [-0.39, 0.29) is 35.7 Å². The molecule has 160 valence electrons. The zero-order valence-electron chi connectivity index (χ0n) is 16.6. The minimum atomic E-state index is -0.512. The Morgan fingerprint density at radius 3 is 2.87 bits per heavy atom. The van der Waals surface area contributed by atoms with Crippen molar-refractivity contribution in [3.8, 4) is 0 Å². The normalized spacial score (nSPS) is 17.2. The number of nitro groups is 1. The number of anilines is 4. The van der Waals surface area contributed by atoms with E-state index in [0.717, 1.165) is 49.3 Å². The lowest BCUT2D eigenvalue weighted by Crippen LogP contribution is -2.36. The Morgan fingerprint density at radius 1 is 1.33 bits per heavy atom. The molecule has 10 nitrogen and oxygen atoms in total. The summed E-state index contributed by atoms with van der Waals surface area (Å²) in [6, 6.07) is 4.65. The summed E-state index contributed by atoms with van der Waals surface area (Å²) >= 11 is 0. The van der Waals surface area contributed by atoms with Crippen LogP contribution in [0.5, 0.6) is 0 Å². The molecule has 30 heavy (non-hydrogen) atoms. The number of nitrogens with two attached hydrogens (primary N) is 1. The molecule has 2 aromatic rings. The van der Waals surface area contributed by atoms with Crippen molar-refractivity contribution in [2.24, 2.45) is 0 Å². The number of amides is 1. The van der Waals surface area contributed by atoms with Crippen molar-refractivity contribution < 1.29 is 9.72 Å². The number of nitrogen functional groups attached to an aromatic ring is 1. The third kappa shape index (κ3) is 4.38. The molecular weight excluding hydrogens is 410 g/mol. The number of halogens is 1. The fourth-order valence-corrected chi connectivity index (χ4v) is 4.00. The van der Waals surface area contributed by atoms with E-state index in [2.05, 4.69) is 20.5 Å². The van der Waals surface area contributed by atoms with E-state index in [4.69, 9.17) is 10.7 Å². The topological polar surface area (TPSA) is 139 Å². The minimum absolute atomic E-state index is 0. The highest BCUT2D eigenvalue weighted by Crippen LogP contribution is 2.33. The van der Waals surface area contributed by atoms with Gasteiger partial charge < -0.3 is 21.3 Å². The van der Waals surface area contributed by atoms with Gasteiger partial charge in [-0.1, -0.05) is 0 Å².